The van der Waals surface area contributed by atoms with Crippen LogP contribution in [0, 0.1) is 18.6 Å². The van der Waals surface area contributed by atoms with Crippen molar-refractivity contribution in [3.05, 3.63) is 70.9 Å². The number of nitrogens with one attached hydrogen (secondary N) is 1. The van der Waals surface area contributed by atoms with E-state index in [9.17, 15) is 13.6 Å². The molecule has 0 radical (unpaired) electrons. The Morgan fingerprint density at radius 2 is 1.82 bits per heavy atom. The van der Waals surface area contributed by atoms with Gasteiger partial charge in [0.15, 0.2) is 0 Å². The molecule has 0 spiro atoms. The molecule has 0 bridgehead atoms. The van der Waals surface area contributed by atoms with Crippen LogP contribution >= 0.6 is 0 Å². The SMILES string of the molecule is Cc1[nH]c2ccc(F)cc2c1CC(=O)N(CCN(C)C)Cc1ccccc1F. The second-order valence-electron chi connectivity index (χ2n) is 7.31. The summed E-state index contributed by atoms with van der Waals surface area (Å²) < 4.78 is 27.8. The fraction of sp³-hybridized carbons (Fsp3) is 0.318. The number of hydrogen-bond donors (Lipinski definition) is 1. The van der Waals surface area contributed by atoms with Gasteiger partial charge in [-0.1, -0.05) is 18.2 Å². The number of hydrogen-bond acceptors (Lipinski definition) is 2. The molecule has 4 nitrogen and oxygen atoms in total. The second kappa shape index (κ2) is 8.52. The summed E-state index contributed by atoms with van der Waals surface area (Å²) in [5.41, 5.74) is 2.90. The summed E-state index contributed by atoms with van der Waals surface area (Å²) in [4.78, 5) is 19.9. The molecule has 1 heterocycles. The van der Waals surface area contributed by atoms with Crippen LogP contribution in [-0.4, -0.2) is 47.9 Å². The Morgan fingerprint density at radius 1 is 1.07 bits per heavy atom. The molecule has 0 saturated heterocycles. The van der Waals surface area contributed by atoms with Crippen LogP contribution in [0.1, 0.15) is 16.8 Å². The molecule has 1 amide bonds. The Bertz CT molecular complexity index is 981. The number of H-pyrrole nitrogens is 1. The topological polar surface area (TPSA) is 39.3 Å². The van der Waals surface area contributed by atoms with E-state index >= 15 is 0 Å². The molecule has 0 aliphatic carbocycles. The molecule has 28 heavy (non-hydrogen) atoms. The Balaban J connectivity index is 1.86. The summed E-state index contributed by atoms with van der Waals surface area (Å²) in [6, 6.07) is 11.0. The first kappa shape index (κ1) is 20.0. The van der Waals surface area contributed by atoms with Gasteiger partial charge in [0.25, 0.3) is 0 Å². The van der Waals surface area contributed by atoms with Crippen molar-refractivity contribution in [2.45, 2.75) is 19.9 Å². The average Bonchev–Trinajstić information content (AvgIpc) is 2.95. The van der Waals surface area contributed by atoms with Gasteiger partial charge in [0.2, 0.25) is 5.91 Å². The lowest BCUT2D eigenvalue weighted by Crippen LogP contribution is -2.37. The quantitative estimate of drug-likeness (QED) is 0.670. The van der Waals surface area contributed by atoms with Gasteiger partial charge in [0.05, 0.1) is 6.42 Å². The Kier molecular flexibility index (Phi) is 6.09. The van der Waals surface area contributed by atoms with E-state index in [1.54, 1.807) is 29.2 Å². The number of carbonyl (C=O) groups excluding carboxylic acids is 1. The van der Waals surface area contributed by atoms with Crippen molar-refractivity contribution in [2.24, 2.45) is 0 Å². The number of nitrogens with zero attached hydrogens (tertiary/aromatic N) is 2. The summed E-state index contributed by atoms with van der Waals surface area (Å²) in [5.74, 6) is -0.773. The molecule has 1 aromatic heterocycles. The molecule has 0 aliphatic heterocycles. The molecule has 6 heteroatoms. The van der Waals surface area contributed by atoms with E-state index in [4.69, 9.17) is 0 Å². The molecule has 3 aromatic rings. The van der Waals surface area contributed by atoms with Crippen LogP contribution < -0.4 is 0 Å². The molecular weight excluding hydrogens is 360 g/mol. The zero-order valence-corrected chi connectivity index (χ0v) is 16.4. The molecule has 0 atom stereocenters. The number of aromatic amines is 1. The number of aromatic nitrogens is 1. The molecule has 148 valence electrons. The van der Waals surface area contributed by atoms with Crippen LogP contribution in [-0.2, 0) is 17.8 Å². The van der Waals surface area contributed by atoms with Crippen molar-refractivity contribution in [3.8, 4) is 0 Å². The lowest BCUT2D eigenvalue weighted by atomic mass is 10.1. The fourth-order valence-corrected chi connectivity index (χ4v) is 3.29. The van der Waals surface area contributed by atoms with Crippen molar-refractivity contribution >= 4 is 16.8 Å². The minimum atomic E-state index is -0.337. The molecule has 0 unspecified atom stereocenters. The maximum absolute atomic E-state index is 14.1. The number of rotatable bonds is 7. The van der Waals surface area contributed by atoms with Crippen molar-refractivity contribution < 1.29 is 13.6 Å². The van der Waals surface area contributed by atoms with E-state index in [2.05, 4.69) is 4.98 Å². The van der Waals surface area contributed by atoms with Crippen molar-refractivity contribution in [3.63, 3.8) is 0 Å². The number of amides is 1. The summed E-state index contributed by atoms with van der Waals surface area (Å²) in [5, 5.41) is 0.712. The second-order valence-corrected chi connectivity index (χ2v) is 7.31. The lowest BCUT2D eigenvalue weighted by molar-refractivity contribution is -0.131. The van der Waals surface area contributed by atoms with E-state index in [1.807, 2.05) is 25.9 Å². The standard InChI is InChI=1S/C22H25F2N3O/c1-15-18(19-12-17(23)8-9-21(19)25-15)13-22(28)27(11-10-26(2)3)14-16-6-4-5-7-20(16)24/h4-9,12,25H,10-11,13-14H2,1-3H3. The highest BCUT2D eigenvalue weighted by Gasteiger charge is 2.20. The predicted molar refractivity (Wildman–Crippen MR) is 107 cm³/mol. The summed E-state index contributed by atoms with van der Waals surface area (Å²) in [7, 11) is 3.86. The van der Waals surface area contributed by atoms with Crippen LogP contribution in [0.15, 0.2) is 42.5 Å². The number of fused-ring (bicyclic) bond motifs is 1. The molecule has 0 aliphatic rings. The highest BCUT2D eigenvalue weighted by Crippen LogP contribution is 2.24. The van der Waals surface area contributed by atoms with Crippen LogP contribution in [0.25, 0.3) is 10.9 Å². The molecule has 1 N–H and O–H groups in total. The van der Waals surface area contributed by atoms with Gasteiger partial charge in [0, 0.05) is 41.8 Å². The number of likely N-dealkylation sites (N-methyl/N-ethyl adjacent to an activating group) is 1. The smallest absolute Gasteiger partial charge is 0.227 e. The zero-order valence-electron chi connectivity index (χ0n) is 16.4. The van der Waals surface area contributed by atoms with Crippen molar-refractivity contribution in [2.75, 3.05) is 27.2 Å². The van der Waals surface area contributed by atoms with Gasteiger partial charge in [-0.05, 0) is 50.8 Å². The fourth-order valence-electron chi connectivity index (χ4n) is 3.29. The summed E-state index contributed by atoms with van der Waals surface area (Å²) >= 11 is 0. The number of carbonyl (C=O) groups is 1. The lowest BCUT2D eigenvalue weighted by Gasteiger charge is -2.25. The van der Waals surface area contributed by atoms with Crippen molar-refractivity contribution in [1.29, 1.82) is 0 Å². The van der Waals surface area contributed by atoms with Crippen LogP contribution in [0.3, 0.4) is 0 Å². The largest absolute Gasteiger partial charge is 0.358 e. The van der Waals surface area contributed by atoms with Gasteiger partial charge in [-0.25, -0.2) is 8.78 Å². The number of aryl methyl sites for hydroxylation is 1. The predicted octanol–water partition coefficient (Wildman–Crippen LogP) is 3.89. The first-order valence-corrected chi connectivity index (χ1v) is 9.27. The zero-order chi connectivity index (χ0) is 20.3. The molecule has 0 saturated carbocycles. The number of halogens is 2. The Hall–Kier alpha value is -2.73. The van der Waals surface area contributed by atoms with Gasteiger partial charge < -0.3 is 14.8 Å². The van der Waals surface area contributed by atoms with E-state index in [0.717, 1.165) is 16.8 Å². The van der Waals surface area contributed by atoms with Crippen LogP contribution in [0.5, 0.6) is 0 Å². The van der Waals surface area contributed by atoms with Gasteiger partial charge >= 0.3 is 0 Å². The maximum atomic E-state index is 14.1. The van der Waals surface area contributed by atoms with E-state index in [0.29, 0.717) is 24.0 Å². The minimum Gasteiger partial charge on any atom is -0.358 e. The van der Waals surface area contributed by atoms with Crippen molar-refractivity contribution in [1.82, 2.24) is 14.8 Å². The van der Waals surface area contributed by atoms with Gasteiger partial charge in [-0.2, -0.15) is 0 Å². The van der Waals surface area contributed by atoms with E-state index in [-0.39, 0.29) is 30.5 Å². The summed E-state index contributed by atoms with van der Waals surface area (Å²) in [6.45, 7) is 3.23. The third-order valence-corrected chi connectivity index (χ3v) is 4.90. The minimum absolute atomic E-state index is 0.113. The highest BCUT2D eigenvalue weighted by atomic mass is 19.1. The molecular formula is C22H25F2N3O. The third kappa shape index (κ3) is 4.57. The van der Waals surface area contributed by atoms with Crippen LogP contribution in [0.4, 0.5) is 8.78 Å². The normalized spacial score (nSPS) is 11.4. The average molecular weight is 385 g/mol. The summed E-state index contributed by atoms with van der Waals surface area (Å²) in [6.07, 6.45) is 0.136. The Morgan fingerprint density at radius 3 is 2.54 bits per heavy atom. The first-order chi connectivity index (χ1) is 13.3. The monoisotopic (exact) mass is 385 g/mol. The first-order valence-electron chi connectivity index (χ1n) is 9.27. The van der Waals surface area contributed by atoms with Gasteiger partial charge in [-0.3, -0.25) is 4.79 Å². The molecule has 2 aromatic carbocycles. The molecule has 0 fully saturated rings. The maximum Gasteiger partial charge on any atom is 0.227 e. The Labute approximate surface area is 163 Å². The highest BCUT2D eigenvalue weighted by molar-refractivity contribution is 5.90. The number of benzene rings is 2. The third-order valence-electron chi connectivity index (χ3n) is 4.90. The van der Waals surface area contributed by atoms with E-state index < -0.39 is 0 Å². The van der Waals surface area contributed by atoms with Gasteiger partial charge in [-0.15, -0.1) is 0 Å². The molecule has 3 rings (SSSR count). The van der Waals surface area contributed by atoms with Gasteiger partial charge in [0.1, 0.15) is 11.6 Å². The van der Waals surface area contributed by atoms with E-state index in [1.165, 1.54) is 18.2 Å². The van der Waals surface area contributed by atoms with Crippen LogP contribution in [0.2, 0.25) is 0 Å².